The highest BCUT2D eigenvalue weighted by molar-refractivity contribution is 5.87. The summed E-state index contributed by atoms with van der Waals surface area (Å²) in [5.41, 5.74) is 5.62. The van der Waals surface area contributed by atoms with Gasteiger partial charge >= 0.3 is 5.97 Å². The molecule has 14 heavy (non-hydrogen) atoms. The van der Waals surface area contributed by atoms with Crippen LogP contribution in [0.15, 0.2) is 0 Å². The zero-order chi connectivity index (χ0) is 11.1. The Labute approximate surface area is 84.8 Å². The van der Waals surface area contributed by atoms with Crippen molar-refractivity contribution in [3.05, 3.63) is 0 Å². The van der Waals surface area contributed by atoms with Crippen molar-refractivity contribution in [2.75, 3.05) is 6.61 Å². The molecule has 0 aromatic rings. The molecule has 0 rings (SSSR count). The average molecular weight is 201 g/mol. The van der Waals surface area contributed by atoms with Gasteiger partial charge in [-0.1, -0.05) is 13.8 Å². The van der Waals surface area contributed by atoms with Crippen molar-refractivity contribution < 1.29 is 14.3 Å². The Balaban J connectivity index is 3.79. The Hall–Kier alpha value is -0.900. The van der Waals surface area contributed by atoms with Crippen molar-refractivity contribution in [2.24, 2.45) is 11.7 Å². The molecule has 0 saturated carbocycles. The van der Waals surface area contributed by atoms with Gasteiger partial charge in [-0.05, 0) is 12.8 Å². The molecule has 0 aliphatic rings. The van der Waals surface area contributed by atoms with Crippen LogP contribution in [0.4, 0.5) is 0 Å². The Bertz CT molecular complexity index is 202. The minimum Gasteiger partial charge on any atom is -0.466 e. The first-order chi connectivity index (χ1) is 6.49. The number of carbonyl (C=O) groups excluding carboxylic acids is 2. The fraction of sp³-hybridized carbons (Fsp3) is 0.800. The van der Waals surface area contributed by atoms with Gasteiger partial charge < -0.3 is 10.5 Å². The molecular weight excluding hydrogens is 182 g/mol. The standard InChI is InChI=1S/C10H19NO3/c1-4-14-9(13)6-5-8(12)10(11)7(2)3/h7,10H,4-6,11H2,1-3H3. The van der Waals surface area contributed by atoms with Crippen LogP contribution in [0.1, 0.15) is 33.6 Å². The number of rotatable bonds is 6. The van der Waals surface area contributed by atoms with Crippen LogP contribution in [0, 0.1) is 5.92 Å². The number of hydrogen-bond donors (Lipinski definition) is 1. The molecule has 1 unspecified atom stereocenters. The number of hydrogen-bond acceptors (Lipinski definition) is 4. The van der Waals surface area contributed by atoms with E-state index >= 15 is 0 Å². The summed E-state index contributed by atoms with van der Waals surface area (Å²) < 4.78 is 4.70. The van der Waals surface area contributed by atoms with E-state index in [2.05, 4.69) is 0 Å². The van der Waals surface area contributed by atoms with Crippen molar-refractivity contribution in [3.8, 4) is 0 Å². The van der Waals surface area contributed by atoms with Gasteiger partial charge in [0.15, 0.2) is 0 Å². The molecule has 4 heteroatoms. The number of ketones is 1. The first-order valence-corrected chi connectivity index (χ1v) is 4.93. The number of carbonyl (C=O) groups is 2. The van der Waals surface area contributed by atoms with E-state index in [0.717, 1.165) is 0 Å². The number of Topliss-reactive ketones (excluding diaryl/α,β-unsaturated/α-hetero) is 1. The van der Waals surface area contributed by atoms with Crippen LogP contribution in [0.2, 0.25) is 0 Å². The molecule has 0 aromatic carbocycles. The lowest BCUT2D eigenvalue weighted by molar-refractivity contribution is -0.144. The topological polar surface area (TPSA) is 69.4 Å². The Kier molecular flexibility index (Phi) is 6.12. The molecule has 1 atom stereocenters. The fourth-order valence-electron chi connectivity index (χ4n) is 0.997. The second-order valence-electron chi connectivity index (χ2n) is 3.54. The van der Waals surface area contributed by atoms with E-state index < -0.39 is 6.04 Å². The van der Waals surface area contributed by atoms with Crippen molar-refractivity contribution in [3.63, 3.8) is 0 Å². The smallest absolute Gasteiger partial charge is 0.306 e. The van der Waals surface area contributed by atoms with Crippen LogP contribution in [0.5, 0.6) is 0 Å². The lowest BCUT2D eigenvalue weighted by atomic mass is 9.98. The van der Waals surface area contributed by atoms with E-state index in [1.54, 1.807) is 6.92 Å². The number of esters is 1. The molecule has 0 heterocycles. The van der Waals surface area contributed by atoms with Crippen molar-refractivity contribution in [2.45, 2.75) is 39.7 Å². The van der Waals surface area contributed by atoms with Gasteiger partial charge in [-0.2, -0.15) is 0 Å². The van der Waals surface area contributed by atoms with E-state index in [1.807, 2.05) is 13.8 Å². The summed E-state index contributed by atoms with van der Waals surface area (Å²) in [7, 11) is 0. The summed E-state index contributed by atoms with van der Waals surface area (Å²) in [5, 5.41) is 0. The number of ether oxygens (including phenoxy) is 1. The predicted molar refractivity (Wildman–Crippen MR) is 53.7 cm³/mol. The van der Waals surface area contributed by atoms with Crippen molar-refractivity contribution in [1.29, 1.82) is 0 Å². The summed E-state index contributed by atoms with van der Waals surface area (Å²) >= 11 is 0. The molecule has 82 valence electrons. The minimum atomic E-state index is -0.468. The summed E-state index contributed by atoms with van der Waals surface area (Å²) in [6, 6.07) is -0.468. The SMILES string of the molecule is CCOC(=O)CCC(=O)C(N)C(C)C. The highest BCUT2D eigenvalue weighted by Gasteiger charge is 2.18. The molecule has 2 N–H and O–H groups in total. The highest BCUT2D eigenvalue weighted by atomic mass is 16.5. The minimum absolute atomic E-state index is 0.0759. The molecule has 0 aliphatic carbocycles. The molecular formula is C10H19NO3. The van der Waals surface area contributed by atoms with Crippen LogP contribution in [-0.2, 0) is 14.3 Å². The van der Waals surface area contributed by atoms with E-state index in [4.69, 9.17) is 10.5 Å². The molecule has 0 bridgehead atoms. The first kappa shape index (κ1) is 13.1. The quantitative estimate of drug-likeness (QED) is 0.648. The lowest BCUT2D eigenvalue weighted by Gasteiger charge is -2.13. The van der Waals surface area contributed by atoms with Gasteiger partial charge in [-0.3, -0.25) is 9.59 Å². The van der Waals surface area contributed by atoms with Gasteiger partial charge in [-0.15, -0.1) is 0 Å². The summed E-state index contributed by atoms with van der Waals surface area (Å²) in [5.74, 6) is -0.297. The van der Waals surface area contributed by atoms with E-state index in [1.165, 1.54) is 0 Å². The third kappa shape index (κ3) is 4.97. The Morgan fingerprint density at radius 3 is 2.29 bits per heavy atom. The third-order valence-electron chi connectivity index (χ3n) is 1.97. The van der Waals surface area contributed by atoms with Crippen LogP contribution >= 0.6 is 0 Å². The van der Waals surface area contributed by atoms with Crippen LogP contribution in [0.25, 0.3) is 0 Å². The highest BCUT2D eigenvalue weighted by Crippen LogP contribution is 2.04. The van der Waals surface area contributed by atoms with Gasteiger partial charge in [0.1, 0.15) is 5.78 Å². The molecule has 0 aliphatic heterocycles. The monoisotopic (exact) mass is 201 g/mol. The normalized spacial score (nSPS) is 12.6. The summed E-state index contributed by atoms with van der Waals surface area (Å²) in [6.07, 6.45) is 0.311. The van der Waals surface area contributed by atoms with E-state index in [0.29, 0.717) is 6.61 Å². The molecule has 4 nitrogen and oxygen atoms in total. The molecule has 0 fully saturated rings. The van der Waals surface area contributed by atoms with Crippen LogP contribution < -0.4 is 5.73 Å². The maximum absolute atomic E-state index is 11.4. The van der Waals surface area contributed by atoms with E-state index in [9.17, 15) is 9.59 Å². The van der Waals surface area contributed by atoms with Gasteiger partial charge in [0.2, 0.25) is 0 Å². The van der Waals surface area contributed by atoms with Crippen LogP contribution in [0.3, 0.4) is 0 Å². The van der Waals surface area contributed by atoms with Gasteiger partial charge in [0, 0.05) is 6.42 Å². The van der Waals surface area contributed by atoms with Gasteiger partial charge in [0.05, 0.1) is 19.1 Å². The Morgan fingerprint density at radius 2 is 1.86 bits per heavy atom. The molecule has 0 amide bonds. The fourth-order valence-corrected chi connectivity index (χ4v) is 0.997. The first-order valence-electron chi connectivity index (χ1n) is 4.93. The molecule has 0 spiro atoms. The average Bonchev–Trinajstić information content (AvgIpc) is 2.13. The predicted octanol–water partition coefficient (Wildman–Crippen LogP) is 0.882. The Morgan fingerprint density at radius 1 is 1.29 bits per heavy atom. The van der Waals surface area contributed by atoms with Gasteiger partial charge in [0.25, 0.3) is 0 Å². The van der Waals surface area contributed by atoms with Crippen molar-refractivity contribution in [1.82, 2.24) is 0 Å². The maximum atomic E-state index is 11.4. The maximum Gasteiger partial charge on any atom is 0.306 e. The third-order valence-corrected chi connectivity index (χ3v) is 1.97. The zero-order valence-corrected chi connectivity index (χ0v) is 9.08. The second kappa shape index (κ2) is 6.54. The van der Waals surface area contributed by atoms with E-state index in [-0.39, 0.29) is 30.5 Å². The lowest BCUT2D eigenvalue weighted by Crippen LogP contribution is -2.35. The molecule has 0 radical (unpaired) electrons. The van der Waals surface area contributed by atoms with Gasteiger partial charge in [-0.25, -0.2) is 0 Å². The number of nitrogens with two attached hydrogens (primary N) is 1. The zero-order valence-electron chi connectivity index (χ0n) is 9.08. The largest absolute Gasteiger partial charge is 0.466 e. The van der Waals surface area contributed by atoms with Crippen LogP contribution in [-0.4, -0.2) is 24.4 Å². The van der Waals surface area contributed by atoms with Crippen molar-refractivity contribution >= 4 is 11.8 Å². The second-order valence-corrected chi connectivity index (χ2v) is 3.54. The summed E-state index contributed by atoms with van der Waals surface area (Å²) in [4.78, 5) is 22.3. The summed E-state index contributed by atoms with van der Waals surface area (Å²) in [6.45, 7) is 5.85. The molecule has 0 aromatic heterocycles. The molecule has 0 saturated heterocycles.